The summed E-state index contributed by atoms with van der Waals surface area (Å²) in [6, 6.07) is 8.01. The van der Waals surface area contributed by atoms with Crippen LogP contribution in [-0.4, -0.2) is 15.1 Å². The molecule has 0 saturated carbocycles. The van der Waals surface area contributed by atoms with Crippen LogP contribution in [0.1, 0.15) is 18.3 Å². The Balaban J connectivity index is 1.85. The first-order valence-electron chi connectivity index (χ1n) is 5.58. The predicted octanol–water partition coefficient (Wildman–Crippen LogP) is 3.02. The zero-order chi connectivity index (χ0) is 12.1. The number of nitrogen functional groups attached to an aromatic ring is 1. The van der Waals surface area contributed by atoms with E-state index in [-0.39, 0.29) is 0 Å². The van der Waals surface area contributed by atoms with Gasteiger partial charge in [-0.25, -0.2) is 4.98 Å². The van der Waals surface area contributed by atoms with E-state index in [0.717, 1.165) is 34.4 Å². The smallest absolute Gasteiger partial charge is 0.170 e. The van der Waals surface area contributed by atoms with Gasteiger partial charge in [0.15, 0.2) is 4.34 Å². The van der Waals surface area contributed by atoms with Crippen molar-refractivity contribution >= 4 is 29.0 Å². The fraction of sp³-hybridized carbons (Fsp3) is 0.333. The van der Waals surface area contributed by atoms with Crippen LogP contribution in [-0.2, 0) is 12.8 Å². The van der Waals surface area contributed by atoms with Crippen LogP contribution in [0.25, 0.3) is 0 Å². The van der Waals surface area contributed by atoms with Crippen LogP contribution in [0, 0.1) is 0 Å². The Morgan fingerprint density at radius 1 is 1.35 bits per heavy atom. The lowest BCUT2D eigenvalue weighted by molar-refractivity contribution is 0.971. The summed E-state index contributed by atoms with van der Waals surface area (Å²) in [6.45, 7) is 2.07. The summed E-state index contributed by atoms with van der Waals surface area (Å²) in [6.07, 6.45) is 1.88. The zero-order valence-corrected chi connectivity index (χ0v) is 11.4. The molecule has 2 aromatic rings. The topological polar surface area (TPSA) is 51.8 Å². The molecule has 0 atom stereocenters. The highest BCUT2D eigenvalue weighted by Gasteiger charge is 2.03. The van der Waals surface area contributed by atoms with Crippen molar-refractivity contribution in [1.82, 2.24) is 9.36 Å². The second-order valence-electron chi connectivity index (χ2n) is 3.63. The van der Waals surface area contributed by atoms with E-state index in [1.165, 1.54) is 17.1 Å². The van der Waals surface area contributed by atoms with E-state index < -0.39 is 0 Å². The Morgan fingerprint density at radius 2 is 2.18 bits per heavy atom. The molecule has 3 nitrogen and oxygen atoms in total. The van der Waals surface area contributed by atoms with Gasteiger partial charge in [0.05, 0.1) is 0 Å². The normalized spacial score (nSPS) is 10.6. The Morgan fingerprint density at radius 3 is 2.88 bits per heavy atom. The molecule has 0 radical (unpaired) electrons. The van der Waals surface area contributed by atoms with Crippen molar-refractivity contribution in [2.45, 2.75) is 24.1 Å². The van der Waals surface area contributed by atoms with Crippen LogP contribution in [0.4, 0.5) is 5.69 Å². The first-order valence-corrected chi connectivity index (χ1v) is 7.34. The molecule has 0 amide bonds. The monoisotopic (exact) mass is 265 g/mol. The van der Waals surface area contributed by atoms with Crippen molar-refractivity contribution in [3.63, 3.8) is 0 Å². The van der Waals surface area contributed by atoms with Crippen LogP contribution in [0.5, 0.6) is 0 Å². The molecule has 0 unspecified atom stereocenters. The van der Waals surface area contributed by atoms with E-state index in [0.29, 0.717) is 0 Å². The molecule has 1 aromatic heterocycles. The molecule has 1 aromatic carbocycles. The molecule has 0 bridgehead atoms. The zero-order valence-electron chi connectivity index (χ0n) is 9.72. The third kappa shape index (κ3) is 3.44. The predicted molar refractivity (Wildman–Crippen MR) is 74.6 cm³/mol. The second-order valence-corrected chi connectivity index (χ2v) is 5.72. The number of hydrogen-bond donors (Lipinski definition) is 1. The van der Waals surface area contributed by atoms with E-state index in [9.17, 15) is 0 Å². The van der Waals surface area contributed by atoms with Crippen LogP contribution in [0.15, 0.2) is 28.6 Å². The summed E-state index contributed by atoms with van der Waals surface area (Å²) in [7, 11) is 0. The van der Waals surface area contributed by atoms with Crippen molar-refractivity contribution in [2.24, 2.45) is 0 Å². The van der Waals surface area contributed by atoms with E-state index in [1.54, 1.807) is 11.8 Å². The highest BCUT2D eigenvalue weighted by atomic mass is 32.2. The summed E-state index contributed by atoms with van der Waals surface area (Å²) in [5, 5.41) is 0. The van der Waals surface area contributed by atoms with E-state index in [1.807, 2.05) is 18.2 Å². The van der Waals surface area contributed by atoms with Crippen LogP contribution >= 0.6 is 23.3 Å². The molecule has 0 fully saturated rings. The number of aryl methyl sites for hydroxylation is 2. The largest absolute Gasteiger partial charge is 0.399 e. The van der Waals surface area contributed by atoms with Crippen molar-refractivity contribution in [1.29, 1.82) is 0 Å². The number of thioether (sulfide) groups is 1. The fourth-order valence-electron chi connectivity index (χ4n) is 1.45. The van der Waals surface area contributed by atoms with Gasteiger partial charge in [0, 0.05) is 17.9 Å². The second kappa shape index (κ2) is 6.02. The number of rotatable bonds is 5. The van der Waals surface area contributed by atoms with Crippen molar-refractivity contribution < 1.29 is 0 Å². The van der Waals surface area contributed by atoms with E-state index >= 15 is 0 Å². The average Bonchev–Trinajstić information content (AvgIpc) is 2.80. The van der Waals surface area contributed by atoms with Gasteiger partial charge in [-0.1, -0.05) is 36.9 Å². The Labute approximate surface area is 110 Å². The molecular formula is C12H15N3S2. The number of hydrogen-bond acceptors (Lipinski definition) is 5. The number of nitrogens with two attached hydrogens (primary N) is 1. The molecule has 1 heterocycles. The van der Waals surface area contributed by atoms with Gasteiger partial charge in [-0.05, 0) is 29.6 Å². The third-order valence-electron chi connectivity index (χ3n) is 2.42. The SMILES string of the molecule is CCc1nsc(SCCc2ccccc2N)n1. The highest BCUT2D eigenvalue weighted by Crippen LogP contribution is 2.22. The lowest BCUT2D eigenvalue weighted by Gasteiger charge is -2.03. The Kier molecular flexibility index (Phi) is 4.39. The van der Waals surface area contributed by atoms with Crippen molar-refractivity contribution in [2.75, 3.05) is 11.5 Å². The van der Waals surface area contributed by atoms with Gasteiger partial charge in [-0.2, -0.15) is 4.37 Å². The molecule has 17 heavy (non-hydrogen) atoms. The molecule has 0 saturated heterocycles. The number of anilines is 1. The lowest BCUT2D eigenvalue weighted by Crippen LogP contribution is -1.95. The van der Waals surface area contributed by atoms with Gasteiger partial charge in [0.2, 0.25) is 0 Å². The molecule has 0 aliphatic carbocycles. The van der Waals surface area contributed by atoms with Crippen LogP contribution in [0.3, 0.4) is 0 Å². The Bertz CT molecular complexity index is 482. The van der Waals surface area contributed by atoms with Crippen molar-refractivity contribution in [3.8, 4) is 0 Å². The van der Waals surface area contributed by atoms with Gasteiger partial charge in [-0.15, -0.1) is 0 Å². The maximum Gasteiger partial charge on any atom is 0.170 e. The molecule has 5 heteroatoms. The molecule has 0 spiro atoms. The highest BCUT2D eigenvalue weighted by molar-refractivity contribution is 8.00. The minimum Gasteiger partial charge on any atom is -0.399 e. The van der Waals surface area contributed by atoms with Gasteiger partial charge < -0.3 is 5.73 Å². The summed E-state index contributed by atoms with van der Waals surface area (Å²) >= 11 is 3.23. The minimum absolute atomic E-state index is 0.875. The molecule has 0 aliphatic rings. The number of benzene rings is 1. The first-order chi connectivity index (χ1) is 8.29. The fourth-order valence-corrected chi connectivity index (χ4v) is 3.19. The molecule has 2 N–H and O–H groups in total. The van der Waals surface area contributed by atoms with Gasteiger partial charge in [0.25, 0.3) is 0 Å². The van der Waals surface area contributed by atoms with E-state index in [2.05, 4.69) is 22.3 Å². The Hall–Kier alpha value is -1.07. The lowest BCUT2D eigenvalue weighted by atomic mass is 10.1. The molecule has 90 valence electrons. The maximum atomic E-state index is 5.89. The summed E-state index contributed by atoms with van der Waals surface area (Å²) in [5.41, 5.74) is 7.97. The summed E-state index contributed by atoms with van der Waals surface area (Å²) < 4.78 is 5.32. The van der Waals surface area contributed by atoms with Crippen LogP contribution in [0.2, 0.25) is 0 Å². The first kappa shape index (κ1) is 12.4. The number of nitrogens with zero attached hydrogens (tertiary/aromatic N) is 2. The minimum atomic E-state index is 0.875. The van der Waals surface area contributed by atoms with Gasteiger partial charge >= 0.3 is 0 Å². The van der Waals surface area contributed by atoms with Crippen LogP contribution < -0.4 is 5.73 Å². The summed E-state index contributed by atoms with van der Waals surface area (Å²) in [5.74, 6) is 1.93. The van der Waals surface area contributed by atoms with E-state index in [4.69, 9.17) is 5.73 Å². The summed E-state index contributed by atoms with van der Waals surface area (Å²) in [4.78, 5) is 4.42. The van der Waals surface area contributed by atoms with Crippen molar-refractivity contribution in [3.05, 3.63) is 35.7 Å². The third-order valence-corrected chi connectivity index (χ3v) is 4.29. The maximum absolute atomic E-state index is 5.89. The quantitative estimate of drug-likeness (QED) is 0.667. The van der Waals surface area contributed by atoms with Gasteiger partial charge in [-0.3, -0.25) is 0 Å². The number of para-hydroxylation sites is 1. The standard InChI is InChI=1S/C12H15N3S2/c1-2-11-14-12(17-15-11)16-8-7-9-5-3-4-6-10(9)13/h3-6H,2,7-8,13H2,1H3. The molecule has 0 aliphatic heterocycles. The van der Waals surface area contributed by atoms with Gasteiger partial charge in [0.1, 0.15) is 5.82 Å². The molecular weight excluding hydrogens is 250 g/mol. The molecule has 2 rings (SSSR count). The number of aromatic nitrogens is 2. The average molecular weight is 265 g/mol.